The molecule has 14 heavy (non-hydrogen) atoms. The first-order valence-electron chi connectivity index (χ1n) is 5.39. The number of rotatable bonds is 6. The third kappa shape index (κ3) is 14.4. The zero-order valence-electron chi connectivity index (χ0n) is 9.88. The van der Waals surface area contributed by atoms with E-state index in [9.17, 15) is 0 Å². The van der Waals surface area contributed by atoms with Crippen molar-refractivity contribution in [1.29, 1.82) is 0 Å². The van der Waals surface area contributed by atoms with Crippen molar-refractivity contribution >= 4 is 0 Å². The molecule has 0 aliphatic carbocycles. The lowest BCUT2D eigenvalue weighted by atomic mass is 10.4. The molecule has 0 rings (SSSR count). The molecule has 88 valence electrons. The van der Waals surface area contributed by atoms with Crippen LogP contribution in [-0.4, -0.2) is 36.3 Å². The fourth-order valence-corrected chi connectivity index (χ4v) is 0.659. The minimum Gasteiger partial charge on any atom is -0.379 e. The maximum absolute atomic E-state index is 8.88. The van der Waals surface area contributed by atoms with E-state index in [2.05, 4.69) is 17.6 Å². The molecule has 0 bridgehead atoms. The van der Waals surface area contributed by atoms with E-state index in [1.807, 2.05) is 13.8 Å². The standard InChI is InChI=1S/C6H15NO.C4H11NO/c1-3-5-7-6(8)4-2;1-3-4(6)5-2/h6-8H,3-5H2,1-2H3;4-6H,3H2,1-2H3. The van der Waals surface area contributed by atoms with Crippen LogP contribution in [0.15, 0.2) is 0 Å². The molecule has 0 aromatic rings. The molecule has 2 unspecified atom stereocenters. The molecule has 0 fully saturated rings. The van der Waals surface area contributed by atoms with Crippen LogP contribution in [0.5, 0.6) is 0 Å². The summed E-state index contributed by atoms with van der Waals surface area (Å²) in [6, 6.07) is 0. The Morgan fingerprint density at radius 3 is 1.71 bits per heavy atom. The van der Waals surface area contributed by atoms with E-state index < -0.39 is 0 Å². The molecule has 0 aliphatic rings. The minimum absolute atomic E-state index is 0.296. The summed E-state index contributed by atoms with van der Waals surface area (Å²) in [7, 11) is 1.73. The summed E-state index contributed by atoms with van der Waals surface area (Å²) < 4.78 is 0. The van der Waals surface area contributed by atoms with Gasteiger partial charge in [0.1, 0.15) is 12.5 Å². The summed E-state index contributed by atoms with van der Waals surface area (Å²) in [4.78, 5) is 0. The zero-order valence-corrected chi connectivity index (χ0v) is 9.88. The number of aliphatic hydroxyl groups excluding tert-OH is 2. The molecule has 4 N–H and O–H groups in total. The van der Waals surface area contributed by atoms with Crippen LogP contribution in [0, 0.1) is 0 Å². The molecular weight excluding hydrogens is 180 g/mol. The number of nitrogens with one attached hydrogen (secondary N) is 2. The zero-order chi connectivity index (χ0) is 11.4. The van der Waals surface area contributed by atoms with Crippen LogP contribution in [0.25, 0.3) is 0 Å². The first kappa shape index (κ1) is 16.3. The Bertz CT molecular complexity index is 98.1. The molecule has 0 aromatic carbocycles. The van der Waals surface area contributed by atoms with Gasteiger partial charge in [0.05, 0.1) is 0 Å². The molecule has 0 saturated heterocycles. The van der Waals surface area contributed by atoms with Crippen molar-refractivity contribution in [2.24, 2.45) is 0 Å². The van der Waals surface area contributed by atoms with E-state index in [0.717, 1.165) is 25.8 Å². The smallest absolute Gasteiger partial charge is 0.104 e. The average Bonchev–Trinajstić information content (AvgIpc) is 2.25. The van der Waals surface area contributed by atoms with Crippen molar-refractivity contribution in [3.05, 3.63) is 0 Å². The molecule has 0 aromatic heterocycles. The Balaban J connectivity index is 0. The second-order valence-corrected chi connectivity index (χ2v) is 3.09. The van der Waals surface area contributed by atoms with Gasteiger partial charge in [0.15, 0.2) is 0 Å². The van der Waals surface area contributed by atoms with Gasteiger partial charge < -0.3 is 10.2 Å². The predicted octanol–water partition coefficient (Wildman–Crippen LogP) is 0.649. The van der Waals surface area contributed by atoms with Gasteiger partial charge in [-0.25, -0.2) is 0 Å². The molecule has 0 aliphatic heterocycles. The summed E-state index contributed by atoms with van der Waals surface area (Å²) in [5, 5.41) is 23.0. The highest BCUT2D eigenvalue weighted by Crippen LogP contribution is 1.82. The minimum atomic E-state index is -0.315. The van der Waals surface area contributed by atoms with Crippen molar-refractivity contribution in [3.8, 4) is 0 Å². The molecule has 0 heterocycles. The highest BCUT2D eigenvalue weighted by atomic mass is 16.3. The van der Waals surface area contributed by atoms with Gasteiger partial charge in [0.2, 0.25) is 0 Å². The molecule has 2 atom stereocenters. The van der Waals surface area contributed by atoms with E-state index in [-0.39, 0.29) is 12.5 Å². The molecule has 0 radical (unpaired) electrons. The van der Waals surface area contributed by atoms with E-state index in [1.54, 1.807) is 7.05 Å². The van der Waals surface area contributed by atoms with E-state index >= 15 is 0 Å². The van der Waals surface area contributed by atoms with Gasteiger partial charge in [-0.3, -0.25) is 10.6 Å². The predicted molar refractivity (Wildman–Crippen MR) is 59.9 cm³/mol. The molecule has 0 amide bonds. The van der Waals surface area contributed by atoms with E-state index in [4.69, 9.17) is 10.2 Å². The first-order chi connectivity index (χ1) is 6.62. The van der Waals surface area contributed by atoms with Gasteiger partial charge in [-0.2, -0.15) is 0 Å². The van der Waals surface area contributed by atoms with E-state index in [0.29, 0.717) is 0 Å². The molecular formula is C10H26N2O2. The SMILES string of the molecule is CCC(O)NC.CCCNC(O)CC. The maximum atomic E-state index is 8.88. The van der Waals surface area contributed by atoms with Crippen molar-refractivity contribution in [1.82, 2.24) is 10.6 Å². The van der Waals surface area contributed by atoms with Crippen molar-refractivity contribution in [2.45, 2.75) is 52.5 Å². The monoisotopic (exact) mass is 206 g/mol. The van der Waals surface area contributed by atoms with Crippen LogP contribution < -0.4 is 10.6 Å². The largest absolute Gasteiger partial charge is 0.379 e. The Labute approximate surface area is 87.7 Å². The van der Waals surface area contributed by atoms with Crippen molar-refractivity contribution in [2.75, 3.05) is 13.6 Å². The molecule has 4 heteroatoms. The first-order valence-corrected chi connectivity index (χ1v) is 5.39. The second kappa shape index (κ2) is 12.8. The summed E-state index contributed by atoms with van der Waals surface area (Å²) >= 11 is 0. The Hall–Kier alpha value is -0.160. The average molecular weight is 206 g/mol. The van der Waals surface area contributed by atoms with Gasteiger partial charge in [-0.1, -0.05) is 20.8 Å². The van der Waals surface area contributed by atoms with Crippen LogP contribution in [-0.2, 0) is 0 Å². The van der Waals surface area contributed by atoms with Crippen molar-refractivity contribution < 1.29 is 10.2 Å². The van der Waals surface area contributed by atoms with Gasteiger partial charge in [0.25, 0.3) is 0 Å². The Morgan fingerprint density at radius 2 is 1.50 bits per heavy atom. The second-order valence-electron chi connectivity index (χ2n) is 3.09. The van der Waals surface area contributed by atoms with Gasteiger partial charge in [0, 0.05) is 0 Å². The molecule has 4 nitrogen and oxygen atoms in total. The molecule has 0 spiro atoms. The third-order valence-corrected chi connectivity index (χ3v) is 1.74. The lowest BCUT2D eigenvalue weighted by Gasteiger charge is -2.07. The number of hydrogen-bond acceptors (Lipinski definition) is 4. The van der Waals surface area contributed by atoms with Crippen LogP contribution in [0.2, 0.25) is 0 Å². The van der Waals surface area contributed by atoms with Crippen molar-refractivity contribution in [3.63, 3.8) is 0 Å². The van der Waals surface area contributed by atoms with Gasteiger partial charge in [-0.15, -0.1) is 0 Å². The fraction of sp³-hybridized carbons (Fsp3) is 1.00. The maximum Gasteiger partial charge on any atom is 0.104 e. The Kier molecular flexibility index (Phi) is 14.9. The van der Waals surface area contributed by atoms with Crippen LogP contribution in [0.4, 0.5) is 0 Å². The lowest BCUT2D eigenvalue weighted by Crippen LogP contribution is -2.28. The molecule has 0 saturated carbocycles. The highest BCUT2D eigenvalue weighted by molar-refractivity contribution is 4.47. The number of hydrogen-bond donors (Lipinski definition) is 4. The van der Waals surface area contributed by atoms with Gasteiger partial charge >= 0.3 is 0 Å². The van der Waals surface area contributed by atoms with E-state index in [1.165, 1.54) is 0 Å². The third-order valence-electron chi connectivity index (χ3n) is 1.74. The van der Waals surface area contributed by atoms with Crippen LogP contribution >= 0.6 is 0 Å². The summed E-state index contributed by atoms with van der Waals surface area (Å²) in [6.07, 6.45) is 2.04. The Morgan fingerprint density at radius 1 is 1.00 bits per heavy atom. The fourth-order valence-electron chi connectivity index (χ4n) is 0.659. The summed E-state index contributed by atoms with van der Waals surface area (Å²) in [5.74, 6) is 0. The topological polar surface area (TPSA) is 64.5 Å². The quantitative estimate of drug-likeness (QED) is 0.482. The van der Waals surface area contributed by atoms with Crippen LogP contribution in [0.1, 0.15) is 40.0 Å². The lowest BCUT2D eigenvalue weighted by molar-refractivity contribution is 0.133. The summed E-state index contributed by atoms with van der Waals surface area (Å²) in [6.45, 7) is 6.86. The highest BCUT2D eigenvalue weighted by Gasteiger charge is 1.93. The van der Waals surface area contributed by atoms with Crippen LogP contribution in [0.3, 0.4) is 0 Å². The normalized spacial score (nSPS) is 14.1. The van der Waals surface area contributed by atoms with Gasteiger partial charge in [-0.05, 0) is 32.9 Å². The number of aliphatic hydroxyl groups is 2. The summed E-state index contributed by atoms with van der Waals surface area (Å²) in [5.41, 5.74) is 0.